The van der Waals surface area contributed by atoms with E-state index in [-0.39, 0.29) is 19.0 Å². The van der Waals surface area contributed by atoms with Gasteiger partial charge < -0.3 is 20.4 Å². The Balaban J connectivity index is 2.60. The number of carboxylic acid groups (broad SMARTS) is 1. The number of amides is 2. The largest absolute Gasteiger partial charge is 0.480 e. The van der Waals surface area contributed by atoms with E-state index in [1.807, 2.05) is 0 Å². The van der Waals surface area contributed by atoms with E-state index in [1.165, 1.54) is 6.26 Å². The molecule has 0 spiro atoms. The maximum atomic E-state index is 11.8. The summed E-state index contributed by atoms with van der Waals surface area (Å²) in [5.74, 6) is -0.826. The fourth-order valence-electron chi connectivity index (χ4n) is 1.96. The Bertz CT molecular complexity index is 362. The van der Waals surface area contributed by atoms with Crippen molar-refractivity contribution in [3.05, 3.63) is 0 Å². The topological polar surface area (TPSA) is 107 Å². The molecule has 18 heavy (non-hydrogen) atoms. The van der Waals surface area contributed by atoms with Crippen LogP contribution in [0, 0.1) is 0 Å². The summed E-state index contributed by atoms with van der Waals surface area (Å²) in [6.07, 6.45) is 0.756. The van der Waals surface area contributed by atoms with E-state index in [1.54, 1.807) is 6.92 Å². The molecule has 104 valence electrons. The van der Waals surface area contributed by atoms with Crippen LogP contribution >= 0.6 is 0 Å². The maximum Gasteiger partial charge on any atom is 0.326 e. The Morgan fingerprint density at radius 1 is 1.56 bits per heavy atom. The molecule has 2 unspecified atom stereocenters. The van der Waals surface area contributed by atoms with Crippen LogP contribution < -0.4 is 5.32 Å². The third kappa shape index (κ3) is 3.95. The molecule has 8 heteroatoms. The Morgan fingerprint density at radius 2 is 2.17 bits per heavy atom. The summed E-state index contributed by atoms with van der Waals surface area (Å²) in [6, 6.07) is -1.85. The van der Waals surface area contributed by atoms with Crippen molar-refractivity contribution in [2.75, 3.05) is 18.6 Å². The standard InChI is InChI=1S/C10H18N2O5S/c1-6(5-18(2)17)11-10(16)12-4-7(13)3-8(12)9(14)15/h6-8,13H,3-5H2,1-2H3,(H,11,16)(H,14,15)/t6?,7-,8+,18?/m1/s1. The molecule has 1 aliphatic heterocycles. The fourth-order valence-corrected chi connectivity index (χ4v) is 2.75. The summed E-state index contributed by atoms with van der Waals surface area (Å²) < 4.78 is 11.0. The van der Waals surface area contributed by atoms with Crippen LogP contribution in [0.5, 0.6) is 0 Å². The smallest absolute Gasteiger partial charge is 0.326 e. The minimum atomic E-state index is -1.13. The first-order valence-corrected chi connectivity index (χ1v) is 7.32. The van der Waals surface area contributed by atoms with Crippen molar-refractivity contribution in [2.24, 2.45) is 0 Å². The predicted octanol–water partition coefficient (Wildman–Crippen LogP) is -1.02. The van der Waals surface area contributed by atoms with Crippen molar-refractivity contribution >= 4 is 22.8 Å². The molecule has 0 aromatic rings. The number of carbonyl (C=O) groups excluding carboxylic acids is 1. The van der Waals surface area contributed by atoms with Gasteiger partial charge in [-0.25, -0.2) is 9.59 Å². The number of nitrogens with zero attached hydrogens (tertiary/aromatic N) is 1. The van der Waals surface area contributed by atoms with Crippen molar-refractivity contribution in [3.63, 3.8) is 0 Å². The fraction of sp³-hybridized carbons (Fsp3) is 0.800. The lowest BCUT2D eigenvalue weighted by Gasteiger charge is -2.23. The summed E-state index contributed by atoms with van der Waals surface area (Å²) in [5, 5.41) is 20.9. The first-order valence-electron chi connectivity index (χ1n) is 5.59. The summed E-state index contributed by atoms with van der Waals surface area (Å²) in [5.41, 5.74) is 0. The molecule has 1 rings (SSSR count). The van der Waals surface area contributed by atoms with Gasteiger partial charge in [0.1, 0.15) is 6.04 Å². The molecule has 1 fully saturated rings. The minimum absolute atomic E-state index is 0.00470. The Kier molecular flexibility index (Phi) is 5.09. The van der Waals surface area contributed by atoms with Crippen LogP contribution in [0.15, 0.2) is 0 Å². The zero-order valence-electron chi connectivity index (χ0n) is 10.3. The number of rotatable bonds is 4. The molecule has 0 bridgehead atoms. The second kappa shape index (κ2) is 6.14. The normalized spacial score (nSPS) is 26.7. The molecular weight excluding hydrogens is 260 g/mol. The molecule has 1 heterocycles. The number of likely N-dealkylation sites (tertiary alicyclic amines) is 1. The lowest BCUT2D eigenvalue weighted by atomic mass is 10.2. The van der Waals surface area contributed by atoms with Gasteiger partial charge in [0.2, 0.25) is 0 Å². The van der Waals surface area contributed by atoms with E-state index in [0.29, 0.717) is 5.75 Å². The van der Waals surface area contributed by atoms with Crippen LogP contribution in [0.3, 0.4) is 0 Å². The van der Waals surface area contributed by atoms with Gasteiger partial charge in [-0.3, -0.25) is 4.21 Å². The summed E-state index contributed by atoms with van der Waals surface area (Å²) >= 11 is 0. The van der Waals surface area contributed by atoms with E-state index in [2.05, 4.69) is 5.32 Å². The van der Waals surface area contributed by atoms with Crippen molar-refractivity contribution in [1.29, 1.82) is 0 Å². The number of hydrogen-bond donors (Lipinski definition) is 3. The average molecular weight is 278 g/mol. The van der Waals surface area contributed by atoms with Crippen LogP contribution in [-0.2, 0) is 15.6 Å². The van der Waals surface area contributed by atoms with Gasteiger partial charge in [0.05, 0.1) is 6.10 Å². The second-order valence-electron chi connectivity index (χ2n) is 4.49. The van der Waals surface area contributed by atoms with Gasteiger partial charge in [0.25, 0.3) is 0 Å². The van der Waals surface area contributed by atoms with Gasteiger partial charge in [0.15, 0.2) is 0 Å². The third-order valence-corrected chi connectivity index (χ3v) is 3.65. The number of aliphatic hydroxyl groups excluding tert-OH is 1. The maximum absolute atomic E-state index is 11.8. The van der Waals surface area contributed by atoms with Crippen LogP contribution in [0.1, 0.15) is 13.3 Å². The number of β-amino-alcohol motifs (C(OH)–C–C–N with tert-alkyl or cyclic N) is 1. The van der Waals surface area contributed by atoms with Crippen molar-refractivity contribution in [1.82, 2.24) is 10.2 Å². The van der Waals surface area contributed by atoms with E-state index in [4.69, 9.17) is 5.11 Å². The first-order chi connectivity index (χ1) is 8.31. The molecule has 4 atom stereocenters. The monoisotopic (exact) mass is 278 g/mol. The second-order valence-corrected chi connectivity index (χ2v) is 5.97. The van der Waals surface area contributed by atoms with Gasteiger partial charge >= 0.3 is 12.0 Å². The summed E-state index contributed by atoms with van der Waals surface area (Å²) in [7, 11) is -1.04. The molecule has 0 radical (unpaired) electrons. The highest BCUT2D eigenvalue weighted by Gasteiger charge is 2.39. The molecule has 7 nitrogen and oxygen atoms in total. The molecule has 3 N–H and O–H groups in total. The molecule has 1 saturated heterocycles. The average Bonchev–Trinajstić information content (AvgIpc) is 2.58. The SMILES string of the molecule is CC(CS(C)=O)NC(=O)N1C[C@H](O)C[C@H]1C(=O)O. The highest BCUT2D eigenvalue weighted by Crippen LogP contribution is 2.18. The van der Waals surface area contributed by atoms with Crippen LogP contribution in [0.4, 0.5) is 4.79 Å². The number of urea groups is 1. The Labute approximate surface area is 108 Å². The van der Waals surface area contributed by atoms with Crippen molar-refractivity contribution in [2.45, 2.75) is 31.5 Å². The molecule has 2 amide bonds. The van der Waals surface area contributed by atoms with E-state index >= 15 is 0 Å². The first kappa shape index (κ1) is 14.9. The molecule has 1 aliphatic rings. The number of carbonyl (C=O) groups is 2. The number of nitrogens with one attached hydrogen (secondary N) is 1. The lowest BCUT2D eigenvalue weighted by Crippen LogP contribution is -2.49. The van der Waals surface area contributed by atoms with E-state index in [9.17, 15) is 18.9 Å². The highest BCUT2D eigenvalue weighted by molar-refractivity contribution is 7.84. The Morgan fingerprint density at radius 3 is 2.67 bits per heavy atom. The zero-order valence-corrected chi connectivity index (χ0v) is 11.1. The number of aliphatic hydroxyl groups is 1. The third-order valence-electron chi connectivity index (χ3n) is 2.68. The predicted molar refractivity (Wildman–Crippen MR) is 65.7 cm³/mol. The van der Waals surface area contributed by atoms with Gasteiger partial charge in [-0.15, -0.1) is 0 Å². The summed E-state index contributed by atoms with van der Waals surface area (Å²) in [4.78, 5) is 23.9. The lowest BCUT2D eigenvalue weighted by molar-refractivity contribution is -0.141. The summed E-state index contributed by atoms with van der Waals surface area (Å²) in [6.45, 7) is 1.70. The quantitative estimate of drug-likeness (QED) is 0.610. The molecule has 0 aliphatic carbocycles. The molecular formula is C10H18N2O5S. The van der Waals surface area contributed by atoms with Gasteiger partial charge in [-0.1, -0.05) is 0 Å². The van der Waals surface area contributed by atoms with Crippen LogP contribution in [0.25, 0.3) is 0 Å². The number of aliphatic carboxylic acids is 1. The number of hydrogen-bond acceptors (Lipinski definition) is 4. The van der Waals surface area contributed by atoms with Gasteiger partial charge in [-0.05, 0) is 6.92 Å². The van der Waals surface area contributed by atoms with E-state index in [0.717, 1.165) is 4.90 Å². The highest BCUT2D eigenvalue weighted by atomic mass is 32.2. The van der Waals surface area contributed by atoms with Gasteiger partial charge in [-0.2, -0.15) is 0 Å². The van der Waals surface area contributed by atoms with Crippen molar-refractivity contribution < 1.29 is 24.0 Å². The molecule has 0 aromatic heterocycles. The number of carboxylic acids is 1. The Hall–Kier alpha value is -1.15. The van der Waals surface area contributed by atoms with Crippen LogP contribution in [0.2, 0.25) is 0 Å². The van der Waals surface area contributed by atoms with Gasteiger partial charge in [0, 0.05) is 41.8 Å². The van der Waals surface area contributed by atoms with E-state index < -0.39 is 34.9 Å². The minimum Gasteiger partial charge on any atom is -0.480 e. The molecule has 0 aromatic carbocycles. The van der Waals surface area contributed by atoms with Crippen LogP contribution in [-0.4, -0.2) is 68.1 Å². The molecule has 0 saturated carbocycles. The van der Waals surface area contributed by atoms with Crippen molar-refractivity contribution in [3.8, 4) is 0 Å². The zero-order chi connectivity index (χ0) is 13.9.